The summed E-state index contributed by atoms with van der Waals surface area (Å²) in [4.78, 5) is 36.3. The molecule has 0 spiro atoms. The second kappa shape index (κ2) is 9.75. The Morgan fingerprint density at radius 1 is 1.00 bits per heavy atom. The largest absolute Gasteiger partial charge is 0.504 e. The molecule has 2 amide bonds. The van der Waals surface area contributed by atoms with Gasteiger partial charge in [0.05, 0.1) is 0 Å². The van der Waals surface area contributed by atoms with Crippen molar-refractivity contribution in [3.05, 3.63) is 59.2 Å². The van der Waals surface area contributed by atoms with Crippen molar-refractivity contribution in [2.45, 2.75) is 38.4 Å². The van der Waals surface area contributed by atoms with Gasteiger partial charge in [0, 0.05) is 6.42 Å². The van der Waals surface area contributed by atoms with Crippen LogP contribution in [-0.4, -0.2) is 45.2 Å². The van der Waals surface area contributed by atoms with Crippen molar-refractivity contribution in [1.82, 2.24) is 10.6 Å². The normalized spacial score (nSPS) is 13.7. The summed E-state index contributed by atoms with van der Waals surface area (Å²) in [5, 5.41) is 33.6. The Kier molecular flexibility index (Phi) is 7.38. The molecule has 7 N–H and O–H groups in total. The highest BCUT2D eigenvalue weighted by molar-refractivity contribution is 5.92. The number of rotatable bonds is 8. The summed E-state index contributed by atoms with van der Waals surface area (Å²) in [5.41, 5.74) is 7.23. The van der Waals surface area contributed by atoms with E-state index in [0.717, 1.165) is 0 Å². The zero-order valence-electron chi connectivity index (χ0n) is 16.6. The third-order valence-corrected chi connectivity index (χ3v) is 4.75. The Labute approximate surface area is 173 Å². The summed E-state index contributed by atoms with van der Waals surface area (Å²) in [6.45, 7) is 2.94. The third-order valence-electron chi connectivity index (χ3n) is 4.75. The lowest BCUT2D eigenvalue weighted by molar-refractivity contribution is -0.142. The Bertz CT molecular complexity index is 932. The first-order valence-electron chi connectivity index (χ1n) is 9.26. The minimum atomic E-state index is -1.30. The highest BCUT2D eigenvalue weighted by atomic mass is 16.4. The van der Waals surface area contributed by atoms with Gasteiger partial charge in [-0.1, -0.05) is 36.4 Å². The molecule has 9 heteroatoms. The van der Waals surface area contributed by atoms with Crippen molar-refractivity contribution in [3.63, 3.8) is 0 Å². The summed E-state index contributed by atoms with van der Waals surface area (Å²) in [6.07, 6.45) is -0.120. The second-order valence-electron chi connectivity index (χ2n) is 6.94. The van der Waals surface area contributed by atoms with Crippen LogP contribution in [0.3, 0.4) is 0 Å². The third kappa shape index (κ3) is 5.48. The zero-order chi connectivity index (χ0) is 22.4. The first-order valence-corrected chi connectivity index (χ1v) is 9.26. The molecule has 2 aromatic carbocycles. The Morgan fingerprint density at radius 2 is 1.63 bits per heavy atom. The van der Waals surface area contributed by atoms with Gasteiger partial charge in [0.1, 0.15) is 18.1 Å². The van der Waals surface area contributed by atoms with Gasteiger partial charge in [-0.2, -0.15) is 0 Å². The van der Waals surface area contributed by atoms with Crippen LogP contribution in [0.2, 0.25) is 0 Å². The highest BCUT2D eigenvalue weighted by Crippen LogP contribution is 2.31. The number of nitrogens with one attached hydrogen (secondary N) is 2. The number of aromatic hydroxyl groups is 2. The standard InChI is InChI=1S/C21H25N3O6/c1-11-14(8-9-16(25)18(11)26)10-15(21(29)30)24-19(27)12(2)23-20(28)17(22)13-6-4-3-5-7-13/h3-9,12,15,17,25-26H,10,22H2,1-2H3,(H,23,28)(H,24,27)(H,29,30)/t12-,15-,17+/m0/s1. The molecule has 9 nitrogen and oxygen atoms in total. The van der Waals surface area contributed by atoms with Crippen LogP contribution in [0.5, 0.6) is 11.5 Å². The number of hydrogen-bond donors (Lipinski definition) is 6. The van der Waals surface area contributed by atoms with E-state index in [2.05, 4.69) is 10.6 Å². The molecule has 0 saturated heterocycles. The average Bonchev–Trinajstić information content (AvgIpc) is 2.73. The molecule has 0 fully saturated rings. The minimum Gasteiger partial charge on any atom is -0.504 e. The van der Waals surface area contributed by atoms with Crippen molar-refractivity contribution in [2.24, 2.45) is 5.73 Å². The minimum absolute atomic E-state index is 0.120. The van der Waals surface area contributed by atoms with E-state index >= 15 is 0 Å². The molecule has 2 rings (SSSR count). The molecule has 0 heterocycles. The van der Waals surface area contributed by atoms with E-state index in [1.165, 1.54) is 26.0 Å². The maximum atomic E-state index is 12.4. The zero-order valence-corrected chi connectivity index (χ0v) is 16.6. The predicted molar refractivity (Wildman–Crippen MR) is 109 cm³/mol. The fourth-order valence-electron chi connectivity index (χ4n) is 2.85. The van der Waals surface area contributed by atoms with Crippen LogP contribution in [0.4, 0.5) is 0 Å². The molecule has 0 unspecified atom stereocenters. The molecule has 2 aromatic rings. The second-order valence-corrected chi connectivity index (χ2v) is 6.94. The van der Waals surface area contributed by atoms with Gasteiger partial charge in [-0.25, -0.2) is 4.79 Å². The van der Waals surface area contributed by atoms with Gasteiger partial charge in [0.25, 0.3) is 0 Å². The maximum Gasteiger partial charge on any atom is 0.326 e. The van der Waals surface area contributed by atoms with Gasteiger partial charge in [0.15, 0.2) is 11.5 Å². The van der Waals surface area contributed by atoms with Crippen LogP contribution in [0, 0.1) is 6.92 Å². The molecule has 0 aromatic heterocycles. The topological polar surface area (TPSA) is 162 Å². The summed E-state index contributed by atoms with van der Waals surface area (Å²) in [5.74, 6) is -3.22. The number of phenolic OH excluding ortho intramolecular Hbond substituents is 2. The number of carboxylic acids is 1. The average molecular weight is 415 g/mol. The molecular formula is C21H25N3O6. The lowest BCUT2D eigenvalue weighted by Gasteiger charge is -2.21. The summed E-state index contributed by atoms with van der Waals surface area (Å²) < 4.78 is 0. The monoisotopic (exact) mass is 415 g/mol. The van der Waals surface area contributed by atoms with Crippen molar-refractivity contribution >= 4 is 17.8 Å². The summed E-state index contributed by atoms with van der Waals surface area (Å²) >= 11 is 0. The van der Waals surface area contributed by atoms with E-state index < -0.39 is 35.9 Å². The highest BCUT2D eigenvalue weighted by Gasteiger charge is 2.26. The fourth-order valence-corrected chi connectivity index (χ4v) is 2.85. The van der Waals surface area contributed by atoms with Gasteiger partial charge >= 0.3 is 5.97 Å². The van der Waals surface area contributed by atoms with Gasteiger partial charge in [-0.3, -0.25) is 9.59 Å². The van der Waals surface area contributed by atoms with E-state index in [1.807, 2.05) is 0 Å². The van der Waals surface area contributed by atoms with Crippen molar-refractivity contribution in [1.29, 1.82) is 0 Å². The molecule has 0 aliphatic carbocycles. The van der Waals surface area contributed by atoms with Crippen molar-refractivity contribution < 1.29 is 29.7 Å². The molecule has 160 valence electrons. The van der Waals surface area contributed by atoms with E-state index in [-0.39, 0.29) is 17.9 Å². The molecule has 0 radical (unpaired) electrons. The number of nitrogens with two attached hydrogens (primary N) is 1. The Balaban J connectivity index is 2.03. The molecule has 0 bridgehead atoms. The van der Waals surface area contributed by atoms with Crippen LogP contribution in [0.15, 0.2) is 42.5 Å². The number of aliphatic carboxylic acids is 1. The number of carbonyl (C=O) groups is 3. The van der Waals surface area contributed by atoms with Gasteiger partial charge in [0.2, 0.25) is 11.8 Å². The van der Waals surface area contributed by atoms with Gasteiger partial charge in [-0.05, 0) is 36.6 Å². The van der Waals surface area contributed by atoms with Crippen LogP contribution in [-0.2, 0) is 20.8 Å². The lowest BCUT2D eigenvalue weighted by atomic mass is 9.99. The van der Waals surface area contributed by atoms with Crippen molar-refractivity contribution in [3.8, 4) is 11.5 Å². The molecule has 0 aliphatic rings. The van der Waals surface area contributed by atoms with Gasteiger partial charge < -0.3 is 31.7 Å². The number of phenols is 2. The number of carbonyl (C=O) groups excluding carboxylic acids is 2. The van der Waals surface area contributed by atoms with E-state index in [1.54, 1.807) is 30.3 Å². The molecule has 3 atom stereocenters. The van der Waals surface area contributed by atoms with E-state index in [9.17, 15) is 29.7 Å². The van der Waals surface area contributed by atoms with Crippen LogP contribution >= 0.6 is 0 Å². The SMILES string of the molecule is Cc1c(C[C@H](NC(=O)[C@H](C)NC(=O)[C@H](N)c2ccccc2)C(=O)O)ccc(O)c1O. The van der Waals surface area contributed by atoms with Crippen LogP contribution in [0.1, 0.15) is 29.7 Å². The van der Waals surface area contributed by atoms with E-state index in [4.69, 9.17) is 5.73 Å². The summed E-state index contributed by atoms with van der Waals surface area (Å²) in [7, 11) is 0. The quantitative estimate of drug-likeness (QED) is 0.346. The summed E-state index contributed by atoms with van der Waals surface area (Å²) in [6, 6.07) is 8.04. The van der Waals surface area contributed by atoms with E-state index in [0.29, 0.717) is 16.7 Å². The smallest absolute Gasteiger partial charge is 0.326 e. The number of benzene rings is 2. The van der Waals surface area contributed by atoms with Crippen molar-refractivity contribution in [2.75, 3.05) is 0 Å². The molecular weight excluding hydrogens is 390 g/mol. The number of hydrogen-bond acceptors (Lipinski definition) is 6. The lowest BCUT2D eigenvalue weighted by Crippen LogP contribution is -2.52. The first kappa shape index (κ1) is 22.7. The fraction of sp³-hybridized carbons (Fsp3) is 0.286. The first-order chi connectivity index (χ1) is 14.1. The Hall–Kier alpha value is -3.59. The number of carboxylic acid groups (broad SMARTS) is 1. The maximum absolute atomic E-state index is 12.4. The number of amides is 2. The Morgan fingerprint density at radius 3 is 2.23 bits per heavy atom. The predicted octanol–water partition coefficient (Wildman–Crippen LogP) is 0.723. The molecule has 0 aliphatic heterocycles. The van der Waals surface area contributed by atoms with Gasteiger partial charge in [-0.15, -0.1) is 0 Å². The molecule has 30 heavy (non-hydrogen) atoms. The van der Waals surface area contributed by atoms with Crippen LogP contribution < -0.4 is 16.4 Å². The molecule has 0 saturated carbocycles. The van der Waals surface area contributed by atoms with Crippen LogP contribution in [0.25, 0.3) is 0 Å².